The Kier molecular flexibility index (Phi) is 3.88. The molecular weight excluding hydrogens is 334 g/mol. The molecule has 1 aliphatic rings. The molecule has 128 valence electrons. The predicted octanol–water partition coefficient (Wildman–Crippen LogP) is 3.06. The molecule has 1 aromatic carbocycles. The van der Waals surface area contributed by atoms with Crippen LogP contribution in [-0.4, -0.2) is 32.6 Å². The number of fused-ring (bicyclic) bond motifs is 1. The van der Waals surface area contributed by atoms with E-state index in [2.05, 4.69) is 19.9 Å². The summed E-state index contributed by atoms with van der Waals surface area (Å²) in [6.45, 7) is 5.86. The van der Waals surface area contributed by atoms with Gasteiger partial charge in [0.15, 0.2) is 5.65 Å². The third-order valence-electron chi connectivity index (χ3n) is 4.70. The average Bonchev–Trinajstić information content (AvgIpc) is 3.10. The summed E-state index contributed by atoms with van der Waals surface area (Å²) < 4.78 is 2.23. The molecule has 0 atom stereocenters. The van der Waals surface area contributed by atoms with Gasteiger partial charge in [-0.3, -0.25) is 14.3 Å². The third kappa shape index (κ3) is 2.64. The van der Waals surface area contributed by atoms with E-state index in [0.29, 0.717) is 21.6 Å². The highest BCUT2D eigenvalue weighted by Gasteiger charge is 2.18. The molecule has 0 saturated carbocycles. The van der Waals surface area contributed by atoms with Crippen LogP contribution in [0.2, 0.25) is 0 Å². The molecule has 1 saturated heterocycles. The zero-order valence-corrected chi connectivity index (χ0v) is 15.1. The Morgan fingerprint density at radius 3 is 2.52 bits per heavy atom. The second-order valence-electron chi connectivity index (χ2n) is 6.44. The summed E-state index contributed by atoms with van der Waals surface area (Å²) in [7, 11) is 0. The molecule has 0 bridgehead atoms. The maximum Gasteiger partial charge on any atom is 0.264 e. The Morgan fingerprint density at radius 2 is 1.84 bits per heavy atom. The summed E-state index contributed by atoms with van der Waals surface area (Å²) >= 11 is 5.61. The molecule has 6 nitrogen and oxygen atoms in total. The first kappa shape index (κ1) is 16.0. The normalized spacial score (nSPS) is 14.4. The fourth-order valence-electron chi connectivity index (χ4n) is 3.44. The van der Waals surface area contributed by atoms with Gasteiger partial charge in [-0.2, -0.15) is 4.98 Å². The summed E-state index contributed by atoms with van der Waals surface area (Å²) in [5, 5.41) is 0.364. The van der Waals surface area contributed by atoms with Gasteiger partial charge in [-0.05, 0) is 37.8 Å². The Balaban J connectivity index is 1.95. The van der Waals surface area contributed by atoms with Crippen LogP contribution in [0.15, 0.2) is 29.3 Å². The van der Waals surface area contributed by atoms with Gasteiger partial charge < -0.3 is 4.90 Å². The van der Waals surface area contributed by atoms with Crippen LogP contribution < -0.4 is 10.5 Å². The molecule has 0 aliphatic carbocycles. The van der Waals surface area contributed by atoms with Crippen LogP contribution in [0.5, 0.6) is 0 Å². The SMILES string of the molecule is Cc1cccc(C)c1-n1cnc2nc(N3CCCC3)[nH]c(=O)c2c1=S. The van der Waals surface area contributed by atoms with Gasteiger partial charge in [-0.15, -0.1) is 0 Å². The van der Waals surface area contributed by atoms with Crippen molar-refractivity contribution in [3.05, 3.63) is 50.6 Å². The van der Waals surface area contributed by atoms with Crippen LogP contribution in [0, 0.1) is 18.5 Å². The highest BCUT2D eigenvalue weighted by molar-refractivity contribution is 7.71. The van der Waals surface area contributed by atoms with E-state index in [4.69, 9.17) is 12.2 Å². The van der Waals surface area contributed by atoms with Gasteiger partial charge in [-0.25, -0.2) is 4.98 Å². The number of anilines is 1. The fraction of sp³-hybridized carbons (Fsp3) is 0.333. The Labute approximate surface area is 150 Å². The van der Waals surface area contributed by atoms with Crippen LogP contribution in [0.25, 0.3) is 16.7 Å². The van der Waals surface area contributed by atoms with E-state index in [9.17, 15) is 4.79 Å². The quantitative estimate of drug-likeness (QED) is 0.717. The Bertz CT molecular complexity index is 1060. The number of aromatic amines is 1. The van der Waals surface area contributed by atoms with Crippen molar-refractivity contribution >= 4 is 29.2 Å². The first-order chi connectivity index (χ1) is 12.1. The predicted molar refractivity (Wildman–Crippen MR) is 101 cm³/mol. The monoisotopic (exact) mass is 353 g/mol. The number of aryl methyl sites for hydroxylation is 2. The second-order valence-corrected chi connectivity index (χ2v) is 6.83. The van der Waals surface area contributed by atoms with Gasteiger partial charge in [0, 0.05) is 13.1 Å². The number of hydrogen-bond donors (Lipinski definition) is 1. The lowest BCUT2D eigenvalue weighted by Gasteiger charge is -2.17. The highest BCUT2D eigenvalue weighted by Crippen LogP contribution is 2.21. The van der Waals surface area contributed by atoms with Gasteiger partial charge in [0.2, 0.25) is 5.95 Å². The molecule has 0 spiro atoms. The molecule has 0 amide bonds. The lowest BCUT2D eigenvalue weighted by molar-refractivity contribution is 0.889. The number of aromatic nitrogens is 4. The van der Waals surface area contributed by atoms with Gasteiger partial charge >= 0.3 is 0 Å². The summed E-state index contributed by atoms with van der Waals surface area (Å²) in [6.07, 6.45) is 3.89. The fourth-order valence-corrected chi connectivity index (χ4v) is 3.77. The molecule has 1 N–H and O–H groups in total. The van der Waals surface area contributed by atoms with Crippen molar-refractivity contribution < 1.29 is 0 Å². The zero-order valence-electron chi connectivity index (χ0n) is 14.2. The minimum atomic E-state index is -0.231. The van der Waals surface area contributed by atoms with Crippen LogP contribution in [0.3, 0.4) is 0 Å². The van der Waals surface area contributed by atoms with E-state index < -0.39 is 0 Å². The second kappa shape index (κ2) is 6.07. The molecule has 4 rings (SSSR count). The van der Waals surface area contributed by atoms with E-state index >= 15 is 0 Å². The molecule has 3 heterocycles. The molecule has 3 aromatic rings. The van der Waals surface area contributed by atoms with Crippen LogP contribution >= 0.6 is 12.2 Å². The minimum absolute atomic E-state index is 0.231. The number of para-hydroxylation sites is 1. The number of rotatable bonds is 2. The Morgan fingerprint density at radius 1 is 1.16 bits per heavy atom. The van der Waals surface area contributed by atoms with Gasteiger partial charge in [0.25, 0.3) is 5.56 Å². The molecule has 1 fully saturated rings. The molecular formula is C18H19N5OS. The highest BCUT2D eigenvalue weighted by atomic mass is 32.1. The zero-order chi connectivity index (χ0) is 17.6. The minimum Gasteiger partial charge on any atom is -0.342 e. The summed E-state index contributed by atoms with van der Waals surface area (Å²) in [5.74, 6) is 0.585. The smallest absolute Gasteiger partial charge is 0.264 e. The number of nitrogens with one attached hydrogen (secondary N) is 1. The summed E-state index contributed by atoms with van der Waals surface area (Å²) in [6, 6.07) is 6.05. The van der Waals surface area contributed by atoms with E-state index in [-0.39, 0.29) is 5.56 Å². The first-order valence-corrected chi connectivity index (χ1v) is 8.80. The lowest BCUT2D eigenvalue weighted by atomic mass is 10.1. The first-order valence-electron chi connectivity index (χ1n) is 8.39. The van der Waals surface area contributed by atoms with Gasteiger partial charge in [-0.1, -0.05) is 30.4 Å². The molecule has 0 unspecified atom stereocenters. The van der Waals surface area contributed by atoms with Crippen molar-refractivity contribution in [3.63, 3.8) is 0 Å². The van der Waals surface area contributed by atoms with Crippen LogP contribution in [-0.2, 0) is 0 Å². The largest absolute Gasteiger partial charge is 0.342 e. The molecule has 25 heavy (non-hydrogen) atoms. The lowest BCUT2D eigenvalue weighted by Crippen LogP contribution is -2.24. The topological polar surface area (TPSA) is 66.8 Å². The van der Waals surface area contributed by atoms with Crippen molar-refractivity contribution in [1.29, 1.82) is 0 Å². The van der Waals surface area contributed by atoms with E-state index in [1.807, 2.05) is 32.0 Å². The standard InChI is InChI=1S/C18H19N5OS/c1-11-6-5-7-12(2)14(11)23-10-19-15-13(17(23)25)16(24)21-18(20-15)22-8-3-4-9-22/h5-7,10H,3-4,8-9H2,1-2H3,(H,20,21,24). The van der Waals surface area contributed by atoms with Crippen molar-refractivity contribution in [3.8, 4) is 5.69 Å². The van der Waals surface area contributed by atoms with E-state index in [1.54, 1.807) is 10.9 Å². The molecule has 0 radical (unpaired) electrons. The van der Waals surface area contributed by atoms with E-state index in [1.165, 1.54) is 0 Å². The number of nitrogens with zero attached hydrogens (tertiary/aromatic N) is 4. The number of benzene rings is 1. The maximum atomic E-state index is 12.7. The van der Waals surface area contributed by atoms with Crippen molar-refractivity contribution in [2.75, 3.05) is 18.0 Å². The van der Waals surface area contributed by atoms with Crippen LogP contribution in [0.4, 0.5) is 5.95 Å². The molecule has 2 aromatic heterocycles. The third-order valence-corrected chi connectivity index (χ3v) is 5.10. The Hall–Kier alpha value is -2.54. The van der Waals surface area contributed by atoms with E-state index in [0.717, 1.165) is 42.7 Å². The maximum absolute atomic E-state index is 12.7. The van der Waals surface area contributed by atoms with Gasteiger partial charge in [0.1, 0.15) is 16.4 Å². The number of H-pyrrole nitrogens is 1. The summed E-state index contributed by atoms with van der Waals surface area (Å²) in [4.78, 5) is 26.6. The summed E-state index contributed by atoms with van der Waals surface area (Å²) in [5.41, 5.74) is 3.29. The van der Waals surface area contributed by atoms with Gasteiger partial charge in [0.05, 0.1) is 5.69 Å². The van der Waals surface area contributed by atoms with Crippen molar-refractivity contribution in [2.24, 2.45) is 0 Å². The molecule has 1 aliphatic heterocycles. The average molecular weight is 353 g/mol. The molecule has 7 heteroatoms. The van der Waals surface area contributed by atoms with Crippen molar-refractivity contribution in [1.82, 2.24) is 19.5 Å². The number of hydrogen-bond acceptors (Lipinski definition) is 5. The van der Waals surface area contributed by atoms with Crippen LogP contribution in [0.1, 0.15) is 24.0 Å². The van der Waals surface area contributed by atoms with Crippen molar-refractivity contribution in [2.45, 2.75) is 26.7 Å².